The van der Waals surface area contributed by atoms with E-state index in [9.17, 15) is 13.6 Å². The molecule has 4 aromatic rings. The molecule has 31 heavy (non-hydrogen) atoms. The molecule has 0 N–H and O–H groups in total. The summed E-state index contributed by atoms with van der Waals surface area (Å²) >= 11 is 5.67. The highest BCUT2D eigenvalue weighted by atomic mass is 32.1. The third-order valence-corrected chi connectivity index (χ3v) is 5.61. The first-order valence-electron chi connectivity index (χ1n) is 9.83. The van der Waals surface area contributed by atoms with Crippen LogP contribution in [0.15, 0.2) is 59.9 Å². The van der Waals surface area contributed by atoms with Crippen molar-refractivity contribution in [3.63, 3.8) is 0 Å². The van der Waals surface area contributed by atoms with E-state index in [-0.39, 0.29) is 30.9 Å². The van der Waals surface area contributed by atoms with Gasteiger partial charge in [-0.05, 0) is 43.0 Å². The molecule has 0 unspecified atom stereocenters. The van der Waals surface area contributed by atoms with Crippen LogP contribution in [0.25, 0.3) is 16.7 Å². The number of hydrogen-bond donors (Lipinski definition) is 0. The SMILES string of the molecule is C=CCn1c(=O)c2ccccc2n2c(=S)n(CN(CC)Cc3c(F)cccc3F)nc12. The van der Waals surface area contributed by atoms with E-state index in [1.165, 1.54) is 22.8 Å². The molecule has 0 fully saturated rings. The Bertz CT molecular complexity index is 1380. The number of benzene rings is 2. The van der Waals surface area contributed by atoms with Gasteiger partial charge in [0.05, 0.1) is 17.6 Å². The van der Waals surface area contributed by atoms with E-state index in [4.69, 9.17) is 12.2 Å². The zero-order valence-corrected chi connectivity index (χ0v) is 17.8. The van der Waals surface area contributed by atoms with Gasteiger partial charge in [-0.2, -0.15) is 0 Å². The number of hydrogen-bond acceptors (Lipinski definition) is 4. The number of aromatic nitrogens is 4. The minimum atomic E-state index is -0.595. The molecule has 0 radical (unpaired) electrons. The van der Waals surface area contributed by atoms with Crippen molar-refractivity contribution in [3.8, 4) is 0 Å². The lowest BCUT2D eigenvalue weighted by Gasteiger charge is -2.20. The van der Waals surface area contributed by atoms with Crippen LogP contribution < -0.4 is 5.56 Å². The van der Waals surface area contributed by atoms with Gasteiger partial charge in [0.25, 0.3) is 5.56 Å². The maximum atomic E-state index is 14.1. The Morgan fingerprint density at radius 1 is 1.16 bits per heavy atom. The van der Waals surface area contributed by atoms with Gasteiger partial charge < -0.3 is 0 Å². The minimum Gasteiger partial charge on any atom is -0.280 e. The van der Waals surface area contributed by atoms with Crippen LogP contribution in [0.4, 0.5) is 8.78 Å². The fraction of sp³-hybridized carbons (Fsp3) is 0.227. The van der Waals surface area contributed by atoms with E-state index in [0.717, 1.165) is 0 Å². The fourth-order valence-corrected chi connectivity index (χ4v) is 3.89. The molecule has 0 aliphatic carbocycles. The molecule has 2 aromatic heterocycles. The first-order valence-corrected chi connectivity index (χ1v) is 10.2. The summed E-state index contributed by atoms with van der Waals surface area (Å²) in [6, 6.07) is 11.0. The zero-order chi connectivity index (χ0) is 22.1. The van der Waals surface area contributed by atoms with Crippen molar-refractivity contribution in [2.45, 2.75) is 26.7 Å². The second-order valence-electron chi connectivity index (χ2n) is 7.13. The van der Waals surface area contributed by atoms with E-state index >= 15 is 0 Å². The number of rotatable bonds is 7. The highest BCUT2D eigenvalue weighted by Gasteiger charge is 2.18. The summed E-state index contributed by atoms with van der Waals surface area (Å²) < 4.78 is 33.5. The van der Waals surface area contributed by atoms with Gasteiger partial charge in [-0.3, -0.25) is 18.7 Å². The van der Waals surface area contributed by atoms with Crippen molar-refractivity contribution in [3.05, 3.63) is 87.4 Å². The number of halogens is 2. The van der Waals surface area contributed by atoms with Crippen LogP contribution in [0.2, 0.25) is 0 Å². The molecule has 2 aromatic carbocycles. The third-order valence-electron chi connectivity index (χ3n) is 5.22. The first-order chi connectivity index (χ1) is 15.0. The van der Waals surface area contributed by atoms with Crippen LogP contribution in [0.5, 0.6) is 0 Å². The normalized spacial score (nSPS) is 11.6. The molecule has 4 rings (SSSR count). The number of fused-ring (bicyclic) bond motifs is 3. The van der Waals surface area contributed by atoms with Gasteiger partial charge in [0.1, 0.15) is 11.6 Å². The molecule has 0 bridgehead atoms. The predicted octanol–water partition coefficient (Wildman–Crippen LogP) is 4.12. The lowest BCUT2D eigenvalue weighted by Crippen LogP contribution is -2.27. The van der Waals surface area contributed by atoms with Crippen molar-refractivity contribution in [2.75, 3.05) is 6.54 Å². The highest BCUT2D eigenvalue weighted by molar-refractivity contribution is 7.71. The largest absolute Gasteiger partial charge is 0.280 e. The Morgan fingerprint density at radius 2 is 1.87 bits per heavy atom. The number of nitrogens with zero attached hydrogens (tertiary/aromatic N) is 5. The topological polar surface area (TPSA) is 47.5 Å². The fourth-order valence-electron chi connectivity index (χ4n) is 3.61. The molecule has 0 amide bonds. The molecule has 9 heteroatoms. The zero-order valence-electron chi connectivity index (χ0n) is 17.0. The summed E-state index contributed by atoms with van der Waals surface area (Å²) in [4.78, 5) is 14.8. The standard InChI is InChI=1S/C22H21F2N5OS/c1-3-12-27-20(30)15-8-5-6-11-19(15)29-21(27)25-28(22(29)31)14-26(4-2)13-16-17(23)9-7-10-18(16)24/h3,5-11H,1,4,12-14H2,2H3. The summed E-state index contributed by atoms with van der Waals surface area (Å²) in [5, 5.41) is 5.10. The Balaban J connectivity index is 1.83. The maximum Gasteiger partial charge on any atom is 0.263 e. The van der Waals surface area contributed by atoms with Crippen molar-refractivity contribution < 1.29 is 8.78 Å². The Kier molecular flexibility index (Phi) is 5.79. The summed E-state index contributed by atoms with van der Waals surface area (Å²) in [6.07, 6.45) is 1.62. The van der Waals surface area contributed by atoms with Crippen LogP contribution in [-0.4, -0.2) is 30.2 Å². The van der Waals surface area contributed by atoms with E-state index in [2.05, 4.69) is 11.7 Å². The van der Waals surface area contributed by atoms with E-state index in [1.807, 2.05) is 24.0 Å². The van der Waals surface area contributed by atoms with Crippen LogP contribution in [0, 0.1) is 16.4 Å². The quantitative estimate of drug-likeness (QED) is 0.320. The van der Waals surface area contributed by atoms with Crippen LogP contribution in [0.1, 0.15) is 12.5 Å². The molecular formula is C22H21F2N5OS. The molecule has 0 atom stereocenters. The average molecular weight is 442 g/mol. The molecule has 0 aliphatic rings. The van der Waals surface area contributed by atoms with Crippen molar-refractivity contribution >= 4 is 28.9 Å². The monoisotopic (exact) mass is 441 g/mol. The maximum absolute atomic E-state index is 14.1. The van der Waals surface area contributed by atoms with E-state index in [1.54, 1.807) is 27.3 Å². The number of allylic oxidation sites excluding steroid dienone is 1. The second-order valence-corrected chi connectivity index (χ2v) is 7.49. The van der Waals surface area contributed by atoms with Gasteiger partial charge in [-0.1, -0.05) is 31.2 Å². The molecule has 0 saturated carbocycles. The molecular weight excluding hydrogens is 420 g/mol. The molecule has 160 valence electrons. The summed E-state index contributed by atoms with van der Waals surface area (Å²) in [6.45, 7) is 6.68. The van der Waals surface area contributed by atoms with Gasteiger partial charge in [0.2, 0.25) is 10.5 Å². The van der Waals surface area contributed by atoms with Gasteiger partial charge in [-0.25, -0.2) is 13.5 Å². The van der Waals surface area contributed by atoms with Gasteiger partial charge in [0, 0.05) is 18.7 Å². The molecule has 6 nitrogen and oxygen atoms in total. The Hall–Kier alpha value is -3.17. The highest BCUT2D eigenvalue weighted by Crippen LogP contribution is 2.17. The summed E-state index contributed by atoms with van der Waals surface area (Å²) in [5.74, 6) is -0.799. The molecule has 0 aliphatic heterocycles. The van der Waals surface area contributed by atoms with Gasteiger partial charge >= 0.3 is 0 Å². The number of para-hydroxylation sites is 1. The minimum absolute atomic E-state index is 0.00588. The lowest BCUT2D eigenvalue weighted by atomic mass is 10.2. The van der Waals surface area contributed by atoms with Gasteiger partial charge in [0.15, 0.2) is 0 Å². The molecule has 0 spiro atoms. The molecule has 0 saturated heterocycles. The van der Waals surface area contributed by atoms with Crippen LogP contribution in [-0.2, 0) is 19.8 Å². The lowest BCUT2D eigenvalue weighted by molar-refractivity contribution is 0.202. The second kappa shape index (κ2) is 8.52. The Labute approximate surface area is 182 Å². The first kappa shape index (κ1) is 21.1. The Morgan fingerprint density at radius 3 is 2.55 bits per heavy atom. The smallest absolute Gasteiger partial charge is 0.263 e. The van der Waals surface area contributed by atoms with E-state index < -0.39 is 11.6 Å². The van der Waals surface area contributed by atoms with Crippen molar-refractivity contribution in [2.24, 2.45) is 0 Å². The third kappa shape index (κ3) is 3.70. The van der Waals surface area contributed by atoms with Gasteiger partial charge in [-0.15, -0.1) is 11.7 Å². The van der Waals surface area contributed by atoms with Crippen LogP contribution >= 0.6 is 12.2 Å². The van der Waals surface area contributed by atoms with Crippen LogP contribution in [0.3, 0.4) is 0 Å². The van der Waals surface area contributed by atoms with Crippen molar-refractivity contribution in [1.29, 1.82) is 0 Å². The molecule has 2 heterocycles. The predicted molar refractivity (Wildman–Crippen MR) is 118 cm³/mol. The van der Waals surface area contributed by atoms with Crippen molar-refractivity contribution in [1.82, 2.24) is 23.6 Å². The summed E-state index contributed by atoms with van der Waals surface area (Å²) in [5.41, 5.74) is 0.465. The average Bonchev–Trinajstić information content (AvgIpc) is 3.09. The summed E-state index contributed by atoms with van der Waals surface area (Å²) in [7, 11) is 0. The van der Waals surface area contributed by atoms with E-state index in [0.29, 0.717) is 28.0 Å².